The number of aromatic nitrogens is 1. The van der Waals surface area contributed by atoms with E-state index in [4.69, 9.17) is 4.52 Å². The Balaban J connectivity index is 1.62. The van der Waals surface area contributed by atoms with Crippen molar-refractivity contribution in [1.29, 1.82) is 0 Å². The maximum Gasteiger partial charge on any atom is 0.337 e. The molecule has 1 fully saturated rings. The summed E-state index contributed by atoms with van der Waals surface area (Å²) in [6.07, 6.45) is 0. The van der Waals surface area contributed by atoms with Crippen molar-refractivity contribution < 1.29 is 27.3 Å². The summed E-state index contributed by atoms with van der Waals surface area (Å²) >= 11 is 0. The molecular formula is C19H24N4O6S. The van der Waals surface area contributed by atoms with E-state index in [1.54, 1.807) is 26.0 Å². The molecule has 0 radical (unpaired) electrons. The second kappa shape index (κ2) is 8.94. The number of nitrogens with one attached hydrogen (secondary N) is 1. The summed E-state index contributed by atoms with van der Waals surface area (Å²) in [6, 6.07) is 6.09. The number of hydrogen-bond acceptors (Lipinski definition) is 8. The molecule has 0 saturated carbocycles. The lowest BCUT2D eigenvalue weighted by Crippen LogP contribution is -2.50. The van der Waals surface area contributed by atoms with Crippen molar-refractivity contribution in [1.82, 2.24) is 14.4 Å². The van der Waals surface area contributed by atoms with Gasteiger partial charge in [0.1, 0.15) is 5.76 Å². The first-order valence-corrected chi connectivity index (χ1v) is 10.8. The molecule has 1 aliphatic rings. The molecular weight excluding hydrogens is 412 g/mol. The van der Waals surface area contributed by atoms with Gasteiger partial charge in [-0.25, -0.2) is 13.2 Å². The summed E-state index contributed by atoms with van der Waals surface area (Å²) < 4.78 is 37.2. The summed E-state index contributed by atoms with van der Waals surface area (Å²) in [4.78, 5) is 25.9. The average molecular weight is 436 g/mol. The smallest absolute Gasteiger partial charge is 0.337 e. The predicted octanol–water partition coefficient (Wildman–Crippen LogP) is 1.02. The lowest BCUT2D eigenvalue weighted by molar-refractivity contribution is -0.117. The molecule has 162 valence electrons. The van der Waals surface area contributed by atoms with Crippen LogP contribution >= 0.6 is 0 Å². The van der Waals surface area contributed by atoms with Gasteiger partial charge in [0.2, 0.25) is 15.9 Å². The average Bonchev–Trinajstić information content (AvgIpc) is 3.12. The number of sulfonamides is 1. The zero-order valence-electron chi connectivity index (χ0n) is 17.0. The van der Waals surface area contributed by atoms with Crippen molar-refractivity contribution in [2.24, 2.45) is 0 Å². The molecule has 11 heteroatoms. The molecule has 0 aliphatic carbocycles. The van der Waals surface area contributed by atoms with E-state index in [0.717, 1.165) is 0 Å². The van der Waals surface area contributed by atoms with Gasteiger partial charge in [-0.3, -0.25) is 9.69 Å². The number of ether oxygens (including phenoxy) is 1. The van der Waals surface area contributed by atoms with Crippen LogP contribution in [-0.2, 0) is 19.6 Å². The molecule has 1 aromatic carbocycles. The number of benzene rings is 1. The Morgan fingerprint density at radius 3 is 2.47 bits per heavy atom. The van der Waals surface area contributed by atoms with Gasteiger partial charge in [0.15, 0.2) is 5.82 Å². The van der Waals surface area contributed by atoms with Gasteiger partial charge < -0.3 is 14.6 Å². The molecule has 3 rings (SSSR count). The van der Waals surface area contributed by atoms with Crippen LogP contribution in [0.15, 0.2) is 33.7 Å². The number of nitrogens with zero attached hydrogens (tertiary/aromatic N) is 3. The minimum absolute atomic E-state index is 0.0815. The van der Waals surface area contributed by atoms with E-state index in [1.807, 2.05) is 4.90 Å². The molecule has 2 aromatic rings. The van der Waals surface area contributed by atoms with E-state index in [-0.39, 0.29) is 36.0 Å². The lowest BCUT2D eigenvalue weighted by atomic mass is 10.1. The SMILES string of the molecule is COC(=O)c1ccc(C)c(S(=O)(=O)N2CCN(CC(=O)Nc3cc(C)on3)CC2)c1. The highest BCUT2D eigenvalue weighted by molar-refractivity contribution is 7.89. The number of rotatable bonds is 6. The third kappa shape index (κ3) is 4.86. The van der Waals surface area contributed by atoms with Gasteiger partial charge in [0.25, 0.3) is 0 Å². The summed E-state index contributed by atoms with van der Waals surface area (Å²) in [5.41, 5.74) is 0.729. The minimum Gasteiger partial charge on any atom is -0.465 e. The van der Waals surface area contributed by atoms with Crippen molar-refractivity contribution in [3.63, 3.8) is 0 Å². The van der Waals surface area contributed by atoms with Gasteiger partial charge in [-0.15, -0.1) is 0 Å². The normalized spacial score (nSPS) is 15.7. The third-order valence-corrected chi connectivity index (χ3v) is 6.86. The van der Waals surface area contributed by atoms with Crippen LogP contribution in [-0.4, -0.2) is 74.5 Å². The first kappa shape index (κ1) is 21.9. The molecule has 0 unspecified atom stereocenters. The monoisotopic (exact) mass is 436 g/mol. The quantitative estimate of drug-likeness (QED) is 0.666. The molecule has 0 bridgehead atoms. The largest absolute Gasteiger partial charge is 0.465 e. The Labute approximate surface area is 174 Å². The fourth-order valence-corrected chi connectivity index (χ4v) is 4.87. The second-order valence-electron chi connectivity index (χ2n) is 7.02. The molecule has 1 amide bonds. The van der Waals surface area contributed by atoms with Gasteiger partial charge in [-0.2, -0.15) is 4.31 Å². The Morgan fingerprint density at radius 1 is 1.17 bits per heavy atom. The highest BCUT2D eigenvalue weighted by Crippen LogP contribution is 2.23. The highest BCUT2D eigenvalue weighted by Gasteiger charge is 2.30. The number of esters is 1. The maximum absolute atomic E-state index is 13.1. The molecule has 2 heterocycles. The van der Waals surface area contributed by atoms with Gasteiger partial charge in [-0.1, -0.05) is 11.2 Å². The summed E-state index contributed by atoms with van der Waals surface area (Å²) in [5, 5.41) is 6.36. The van der Waals surface area contributed by atoms with Crippen molar-refractivity contribution >= 4 is 27.7 Å². The summed E-state index contributed by atoms with van der Waals surface area (Å²) in [5.74, 6) is 0.0983. The van der Waals surface area contributed by atoms with E-state index < -0.39 is 16.0 Å². The zero-order chi connectivity index (χ0) is 21.9. The minimum atomic E-state index is -3.78. The number of piperazine rings is 1. The molecule has 1 aliphatic heterocycles. The van der Waals surface area contributed by atoms with Gasteiger partial charge in [0, 0.05) is 32.2 Å². The van der Waals surface area contributed by atoms with Crippen LogP contribution in [0.2, 0.25) is 0 Å². The Kier molecular flexibility index (Phi) is 6.54. The molecule has 30 heavy (non-hydrogen) atoms. The van der Waals surface area contributed by atoms with Gasteiger partial charge >= 0.3 is 5.97 Å². The van der Waals surface area contributed by atoms with Crippen LogP contribution < -0.4 is 5.32 Å². The van der Waals surface area contributed by atoms with Crippen LogP contribution in [0.1, 0.15) is 21.7 Å². The van der Waals surface area contributed by atoms with Gasteiger partial charge in [-0.05, 0) is 31.5 Å². The topological polar surface area (TPSA) is 122 Å². The molecule has 10 nitrogen and oxygen atoms in total. The fourth-order valence-electron chi connectivity index (χ4n) is 3.20. The van der Waals surface area contributed by atoms with Crippen LogP contribution in [0, 0.1) is 13.8 Å². The van der Waals surface area contributed by atoms with Crippen molar-refractivity contribution in [2.75, 3.05) is 45.2 Å². The third-order valence-electron chi connectivity index (χ3n) is 4.82. The van der Waals surface area contributed by atoms with Crippen LogP contribution in [0.4, 0.5) is 5.82 Å². The van der Waals surface area contributed by atoms with Crippen molar-refractivity contribution in [2.45, 2.75) is 18.7 Å². The van der Waals surface area contributed by atoms with E-state index in [9.17, 15) is 18.0 Å². The Bertz CT molecular complexity index is 1040. The number of hydrogen-bond donors (Lipinski definition) is 1. The van der Waals surface area contributed by atoms with Crippen LogP contribution in [0.25, 0.3) is 0 Å². The lowest BCUT2D eigenvalue weighted by Gasteiger charge is -2.33. The van der Waals surface area contributed by atoms with E-state index in [0.29, 0.717) is 30.2 Å². The Hall–Kier alpha value is -2.76. The standard InChI is InChI=1S/C19H24N4O6S/c1-13-4-5-15(19(25)28-3)11-16(13)30(26,27)23-8-6-22(7-9-23)12-18(24)20-17-10-14(2)29-21-17/h4-5,10-11H,6-9,12H2,1-3H3,(H,20,21,24). The highest BCUT2D eigenvalue weighted by atomic mass is 32.2. The number of methoxy groups -OCH3 is 1. The number of carbonyl (C=O) groups is 2. The van der Waals surface area contributed by atoms with Crippen LogP contribution in [0.5, 0.6) is 0 Å². The van der Waals surface area contributed by atoms with Crippen LogP contribution in [0.3, 0.4) is 0 Å². The first-order chi connectivity index (χ1) is 14.2. The van der Waals surface area contributed by atoms with E-state index in [1.165, 1.54) is 23.5 Å². The number of carbonyl (C=O) groups excluding carboxylic acids is 2. The van der Waals surface area contributed by atoms with E-state index >= 15 is 0 Å². The zero-order valence-corrected chi connectivity index (χ0v) is 17.9. The Morgan fingerprint density at radius 2 is 1.87 bits per heavy atom. The first-order valence-electron chi connectivity index (χ1n) is 9.35. The molecule has 1 N–H and O–H groups in total. The molecule has 1 saturated heterocycles. The van der Waals surface area contributed by atoms with Crippen molar-refractivity contribution in [3.05, 3.63) is 41.2 Å². The van der Waals surface area contributed by atoms with Crippen molar-refractivity contribution in [3.8, 4) is 0 Å². The summed E-state index contributed by atoms with van der Waals surface area (Å²) in [6.45, 7) is 4.81. The van der Waals surface area contributed by atoms with Gasteiger partial charge in [0.05, 0.1) is 24.1 Å². The number of anilines is 1. The second-order valence-corrected chi connectivity index (χ2v) is 8.93. The predicted molar refractivity (Wildman–Crippen MR) is 108 cm³/mol. The molecule has 0 spiro atoms. The van der Waals surface area contributed by atoms with E-state index in [2.05, 4.69) is 15.2 Å². The molecule has 0 atom stereocenters. The maximum atomic E-state index is 13.1. The summed E-state index contributed by atoms with van der Waals surface area (Å²) in [7, 11) is -2.53. The molecule has 1 aromatic heterocycles. The number of amides is 1. The number of aryl methyl sites for hydroxylation is 2. The fraction of sp³-hybridized carbons (Fsp3) is 0.421.